The zero-order chi connectivity index (χ0) is 18.0. The van der Waals surface area contributed by atoms with Crippen LogP contribution in [0.2, 0.25) is 0 Å². The SMILES string of the molecule is CC(C)(C)c1[nH]ncc1C=CC(=O)c1cccc(N2CCOC2=O)c1. The summed E-state index contributed by atoms with van der Waals surface area (Å²) in [7, 11) is 0. The fraction of sp³-hybridized carbons (Fsp3) is 0.316. The summed E-state index contributed by atoms with van der Waals surface area (Å²) in [6.45, 7) is 7.11. The molecule has 0 radical (unpaired) electrons. The van der Waals surface area contributed by atoms with Crippen molar-refractivity contribution < 1.29 is 14.3 Å². The molecule has 130 valence electrons. The first-order valence-electron chi connectivity index (χ1n) is 8.17. The molecule has 1 aromatic heterocycles. The number of hydrogen-bond donors (Lipinski definition) is 1. The lowest BCUT2D eigenvalue weighted by Gasteiger charge is -2.17. The van der Waals surface area contributed by atoms with Crippen LogP contribution < -0.4 is 4.90 Å². The van der Waals surface area contributed by atoms with Gasteiger partial charge in [-0.3, -0.25) is 14.8 Å². The summed E-state index contributed by atoms with van der Waals surface area (Å²) in [5, 5.41) is 7.06. The minimum absolute atomic E-state index is 0.0880. The molecule has 0 unspecified atom stereocenters. The number of nitrogens with zero attached hydrogens (tertiary/aromatic N) is 2. The summed E-state index contributed by atoms with van der Waals surface area (Å²) >= 11 is 0. The van der Waals surface area contributed by atoms with Crippen molar-refractivity contribution in [3.8, 4) is 0 Å². The first-order chi connectivity index (χ1) is 11.9. The van der Waals surface area contributed by atoms with E-state index in [1.165, 1.54) is 11.0 Å². The summed E-state index contributed by atoms with van der Waals surface area (Å²) in [6, 6.07) is 7.00. The number of allylic oxidation sites excluding steroid dienone is 1. The molecule has 0 bridgehead atoms. The molecule has 1 saturated heterocycles. The predicted molar refractivity (Wildman–Crippen MR) is 95.8 cm³/mol. The number of H-pyrrole nitrogens is 1. The number of ketones is 1. The number of aromatic nitrogens is 2. The number of hydrogen-bond acceptors (Lipinski definition) is 4. The van der Waals surface area contributed by atoms with Crippen LogP contribution in [0.15, 0.2) is 36.5 Å². The number of amides is 1. The first kappa shape index (κ1) is 17.0. The van der Waals surface area contributed by atoms with E-state index in [9.17, 15) is 9.59 Å². The van der Waals surface area contributed by atoms with E-state index in [4.69, 9.17) is 4.74 Å². The molecule has 1 amide bonds. The lowest BCUT2D eigenvalue weighted by Crippen LogP contribution is -2.23. The van der Waals surface area contributed by atoms with Crippen molar-refractivity contribution in [3.63, 3.8) is 0 Å². The van der Waals surface area contributed by atoms with E-state index in [1.54, 1.807) is 36.5 Å². The maximum absolute atomic E-state index is 12.5. The average Bonchev–Trinajstić information content (AvgIpc) is 3.21. The van der Waals surface area contributed by atoms with Gasteiger partial charge in [-0.15, -0.1) is 0 Å². The Morgan fingerprint density at radius 1 is 1.36 bits per heavy atom. The molecule has 6 heteroatoms. The fourth-order valence-electron chi connectivity index (χ4n) is 2.74. The van der Waals surface area contributed by atoms with E-state index in [1.807, 2.05) is 0 Å². The predicted octanol–water partition coefficient (Wildman–Crippen LogP) is 3.56. The van der Waals surface area contributed by atoms with Crippen molar-refractivity contribution in [2.24, 2.45) is 0 Å². The maximum Gasteiger partial charge on any atom is 0.414 e. The van der Waals surface area contributed by atoms with Crippen LogP contribution in [-0.2, 0) is 10.2 Å². The van der Waals surface area contributed by atoms with E-state index < -0.39 is 0 Å². The lowest BCUT2D eigenvalue weighted by molar-refractivity contribution is 0.104. The van der Waals surface area contributed by atoms with Crippen LogP contribution in [0.1, 0.15) is 42.4 Å². The van der Waals surface area contributed by atoms with Crippen LogP contribution in [0.3, 0.4) is 0 Å². The minimum Gasteiger partial charge on any atom is -0.447 e. The van der Waals surface area contributed by atoms with Gasteiger partial charge < -0.3 is 4.74 Å². The van der Waals surface area contributed by atoms with E-state index in [-0.39, 0.29) is 17.3 Å². The molecule has 3 rings (SSSR count). The Morgan fingerprint density at radius 2 is 2.16 bits per heavy atom. The van der Waals surface area contributed by atoms with Crippen molar-refractivity contribution in [3.05, 3.63) is 53.4 Å². The first-order valence-corrected chi connectivity index (χ1v) is 8.17. The number of anilines is 1. The van der Waals surface area contributed by atoms with Crippen molar-refractivity contribution in [1.82, 2.24) is 10.2 Å². The van der Waals surface area contributed by atoms with Crippen LogP contribution in [0.5, 0.6) is 0 Å². The zero-order valence-electron chi connectivity index (χ0n) is 14.6. The van der Waals surface area contributed by atoms with Gasteiger partial charge in [0.05, 0.1) is 12.7 Å². The fourth-order valence-corrected chi connectivity index (χ4v) is 2.74. The number of cyclic esters (lactones) is 1. The highest BCUT2D eigenvalue weighted by molar-refractivity contribution is 6.07. The smallest absolute Gasteiger partial charge is 0.414 e. The molecule has 1 aliphatic rings. The molecule has 6 nitrogen and oxygen atoms in total. The molecule has 0 atom stereocenters. The third-order valence-corrected chi connectivity index (χ3v) is 4.04. The van der Waals surface area contributed by atoms with Gasteiger partial charge in [-0.1, -0.05) is 32.9 Å². The number of benzene rings is 1. The summed E-state index contributed by atoms with van der Waals surface area (Å²) < 4.78 is 4.94. The standard InChI is InChI=1S/C19H21N3O3/c1-19(2,3)17-14(12-20-21-17)7-8-16(23)13-5-4-6-15(11-13)22-9-10-25-18(22)24/h4-8,11-12H,9-10H2,1-3H3,(H,20,21). The third kappa shape index (κ3) is 3.63. The molecule has 0 spiro atoms. The molecule has 2 heterocycles. The van der Waals surface area contributed by atoms with Gasteiger partial charge in [-0.05, 0) is 24.3 Å². The van der Waals surface area contributed by atoms with Gasteiger partial charge in [-0.25, -0.2) is 4.79 Å². The summed E-state index contributed by atoms with van der Waals surface area (Å²) in [5.74, 6) is -0.129. The van der Waals surface area contributed by atoms with E-state index in [0.29, 0.717) is 24.4 Å². The number of aromatic amines is 1. The average molecular weight is 339 g/mol. The highest BCUT2D eigenvalue weighted by Gasteiger charge is 2.24. The quantitative estimate of drug-likeness (QED) is 0.682. The molecule has 25 heavy (non-hydrogen) atoms. The van der Waals surface area contributed by atoms with Crippen LogP contribution >= 0.6 is 0 Å². The van der Waals surface area contributed by atoms with Gasteiger partial charge >= 0.3 is 6.09 Å². The van der Waals surface area contributed by atoms with Crippen molar-refractivity contribution >= 4 is 23.6 Å². The zero-order valence-corrected chi connectivity index (χ0v) is 14.6. The van der Waals surface area contributed by atoms with Crippen LogP contribution in [0, 0.1) is 0 Å². The summed E-state index contributed by atoms with van der Waals surface area (Å²) in [4.78, 5) is 25.7. The van der Waals surface area contributed by atoms with Gasteiger partial charge in [0.1, 0.15) is 6.61 Å². The Kier molecular flexibility index (Phi) is 4.44. The normalized spacial score (nSPS) is 15.0. The Hall–Kier alpha value is -2.89. The summed E-state index contributed by atoms with van der Waals surface area (Å²) in [5.41, 5.74) is 2.97. The van der Waals surface area contributed by atoms with Crippen molar-refractivity contribution in [2.75, 3.05) is 18.1 Å². The van der Waals surface area contributed by atoms with Gasteiger partial charge in [-0.2, -0.15) is 5.10 Å². The monoisotopic (exact) mass is 339 g/mol. The van der Waals surface area contributed by atoms with Gasteiger partial charge in [0.25, 0.3) is 0 Å². The third-order valence-electron chi connectivity index (χ3n) is 4.04. The molecule has 1 aliphatic heterocycles. The highest BCUT2D eigenvalue weighted by Crippen LogP contribution is 2.25. The van der Waals surface area contributed by atoms with Crippen LogP contribution in [-0.4, -0.2) is 35.2 Å². The second-order valence-corrected chi connectivity index (χ2v) is 6.96. The van der Waals surface area contributed by atoms with E-state index in [0.717, 1.165) is 11.3 Å². The lowest BCUT2D eigenvalue weighted by atomic mass is 9.89. The van der Waals surface area contributed by atoms with Gasteiger partial charge in [0.2, 0.25) is 0 Å². The summed E-state index contributed by atoms with van der Waals surface area (Å²) in [6.07, 6.45) is 4.62. The number of nitrogens with one attached hydrogen (secondary N) is 1. The Balaban J connectivity index is 1.80. The molecular weight excluding hydrogens is 318 g/mol. The maximum atomic E-state index is 12.5. The van der Waals surface area contributed by atoms with E-state index >= 15 is 0 Å². The Morgan fingerprint density at radius 3 is 2.84 bits per heavy atom. The van der Waals surface area contributed by atoms with Crippen LogP contribution in [0.25, 0.3) is 6.08 Å². The number of carbonyl (C=O) groups excluding carboxylic acids is 2. The second kappa shape index (κ2) is 6.55. The number of rotatable bonds is 4. The number of ether oxygens (including phenoxy) is 1. The van der Waals surface area contributed by atoms with Gasteiger partial charge in [0, 0.05) is 27.9 Å². The Bertz CT molecular complexity index is 830. The molecule has 0 saturated carbocycles. The highest BCUT2D eigenvalue weighted by atomic mass is 16.6. The van der Waals surface area contributed by atoms with Crippen molar-refractivity contribution in [2.45, 2.75) is 26.2 Å². The molecule has 1 aromatic carbocycles. The second-order valence-electron chi connectivity index (χ2n) is 6.96. The molecule has 1 fully saturated rings. The van der Waals surface area contributed by atoms with E-state index in [2.05, 4.69) is 31.0 Å². The van der Waals surface area contributed by atoms with Crippen molar-refractivity contribution in [1.29, 1.82) is 0 Å². The van der Waals surface area contributed by atoms with Crippen LogP contribution in [0.4, 0.5) is 10.5 Å². The molecule has 2 aromatic rings. The topological polar surface area (TPSA) is 75.3 Å². The molecular formula is C19H21N3O3. The molecule has 1 N–H and O–H groups in total. The number of carbonyl (C=O) groups is 2. The van der Waals surface area contributed by atoms with Gasteiger partial charge in [0.15, 0.2) is 5.78 Å². The Labute approximate surface area is 146 Å². The minimum atomic E-state index is -0.381. The largest absolute Gasteiger partial charge is 0.447 e. The molecule has 0 aliphatic carbocycles.